The lowest BCUT2D eigenvalue weighted by molar-refractivity contribution is 0.102. The molecule has 0 aliphatic carbocycles. The van der Waals surface area contributed by atoms with Gasteiger partial charge in [0.1, 0.15) is 11.6 Å². The molecule has 27 heavy (non-hydrogen) atoms. The maximum absolute atomic E-state index is 12.3. The van der Waals surface area contributed by atoms with Crippen LogP contribution in [-0.2, 0) is 6.42 Å². The SMILES string of the molecule is COc1ccc(C(=O)Nc2ccc(N(C)CCc3ccncc3)nc2)cc1. The fourth-order valence-electron chi connectivity index (χ4n) is 2.59. The predicted octanol–water partition coefficient (Wildman–Crippen LogP) is 3.42. The minimum atomic E-state index is -0.182. The number of aromatic nitrogens is 2. The number of nitrogens with one attached hydrogen (secondary N) is 1. The Kier molecular flexibility index (Phi) is 5.99. The molecule has 0 unspecified atom stereocenters. The van der Waals surface area contributed by atoms with Gasteiger partial charge in [-0.15, -0.1) is 0 Å². The molecule has 0 aliphatic heterocycles. The molecule has 6 heteroatoms. The first-order valence-corrected chi connectivity index (χ1v) is 8.67. The van der Waals surface area contributed by atoms with E-state index in [2.05, 4.69) is 20.2 Å². The molecule has 3 aromatic rings. The van der Waals surface area contributed by atoms with Crippen molar-refractivity contribution in [2.24, 2.45) is 0 Å². The van der Waals surface area contributed by atoms with E-state index in [0.29, 0.717) is 17.0 Å². The van der Waals surface area contributed by atoms with Crippen LogP contribution in [0.2, 0.25) is 0 Å². The molecule has 3 rings (SSSR count). The van der Waals surface area contributed by atoms with E-state index >= 15 is 0 Å². The van der Waals surface area contributed by atoms with E-state index in [4.69, 9.17) is 4.74 Å². The summed E-state index contributed by atoms with van der Waals surface area (Å²) in [4.78, 5) is 22.8. The van der Waals surface area contributed by atoms with Crippen molar-refractivity contribution in [1.82, 2.24) is 9.97 Å². The van der Waals surface area contributed by atoms with Gasteiger partial charge in [0.15, 0.2) is 0 Å². The first-order chi connectivity index (χ1) is 13.2. The van der Waals surface area contributed by atoms with Crippen LogP contribution in [-0.4, -0.2) is 36.6 Å². The maximum Gasteiger partial charge on any atom is 0.255 e. The van der Waals surface area contributed by atoms with Gasteiger partial charge < -0.3 is 15.0 Å². The Balaban J connectivity index is 1.56. The first kappa shape index (κ1) is 18.4. The van der Waals surface area contributed by atoms with Gasteiger partial charge in [-0.1, -0.05) is 0 Å². The third kappa shape index (κ3) is 5.04. The van der Waals surface area contributed by atoms with E-state index in [1.807, 2.05) is 31.3 Å². The molecule has 0 fully saturated rings. The lowest BCUT2D eigenvalue weighted by Gasteiger charge is -2.18. The van der Waals surface area contributed by atoms with Gasteiger partial charge in [-0.2, -0.15) is 0 Å². The number of amides is 1. The predicted molar refractivity (Wildman–Crippen MR) is 106 cm³/mol. The van der Waals surface area contributed by atoms with E-state index in [-0.39, 0.29) is 5.91 Å². The summed E-state index contributed by atoms with van der Waals surface area (Å²) in [6, 6.07) is 14.7. The molecule has 0 atom stereocenters. The monoisotopic (exact) mass is 362 g/mol. The highest BCUT2D eigenvalue weighted by Gasteiger charge is 2.08. The zero-order valence-corrected chi connectivity index (χ0v) is 15.4. The lowest BCUT2D eigenvalue weighted by atomic mass is 10.2. The quantitative estimate of drug-likeness (QED) is 0.698. The summed E-state index contributed by atoms with van der Waals surface area (Å²) in [6.07, 6.45) is 6.18. The van der Waals surface area contributed by atoms with Crippen molar-refractivity contribution in [3.8, 4) is 5.75 Å². The van der Waals surface area contributed by atoms with Crippen LogP contribution in [0.3, 0.4) is 0 Å². The van der Waals surface area contributed by atoms with Crippen LogP contribution in [0.5, 0.6) is 5.75 Å². The summed E-state index contributed by atoms with van der Waals surface area (Å²) in [5, 5.41) is 2.85. The summed E-state index contributed by atoms with van der Waals surface area (Å²) in [7, 11) is 3.59. The van der Waals surface area contributed by atoms with Gasteiger partial charge in [0, 0.05) is 31.5 Å². The van der Waals surface area contributed by atoms with E-state index in [1.54, 1.807) is 50.0 Å². The third-order valence-corrected chi connectivity index (χ3v) is 4.23. The largest absolute Gasteiger partial charge is 0.497 e. The summed E-state index contributed by atoms with van der Waals surface area (Å²) in [5.74, 6) is 1.39. The molecule has 0 radical (unpaired) electrons. The molecular formula is C21H22N4O2. The Bertz CT molecular complexity index is 865. The Morgan fingerprint density at radius 2 is 1.81 bits per heavy atom. The van der Waals surface area contributed by atoms with Crippen LogP contribution in [0.25, 0.3) is 0 Å². The molecule has 138 valence electrons. The number of likely N-dealkylation sites (N-methyl/N-ethyl adjacent to an activating group) is 1. The highest BCUT2D eigenvalue weighted by atomic mass is 16.5. The number of hydrogen-bond acceptors (Lipinski definition) is 5. The zero-order valence-electron chi connectivity index (χ0n) is 15.4. The minimum Gasteiger partial charge on any atom is -0.497 e. The summed E-state index contributed by atoms with van der Waals surface area (Å²) >= 11 is 0. The van der Waals surface area contributed by atoms with Crippen molar-refractivity contribution in [2.45, 2.75) is 6.42 Å². The molecule has 0 spiro atoms. The van der Waals surface area contributed by atoms with Gasteiger partial charge in [-0.3, -0.25) is 9.78 Å². The van der Waals surface area contributed by atoms with Crippen molar-refractivity contribution < 1.29 is 9.53 Å². The average Bonchev–Trinajstić information content (AvgIpc) is 2.73. The summed E-state index contributed by atoms with van der Waals surface area (Å²) in [6.45, 7) is 0.842. The Hall–Kier alpha value is -3.41. The topological polar surface area (TPSA) is 67.3 Å². The van der Waals surface area contributed by atoms with Crippen LogP contribution < -0.4 is 15.0 Å². The number of rotatable bonds is 7. The van der Waals surface area contributed by atoms with Crippen LogP contribution >= 0.6 is 0 Å². The second-order valence-electron chi connectivity index (χ2n) is 6.11. The molecule has 2 heterocycles. The van der Waals surface area contributed by atoms with Gasteiger partial charge >= 0.3 is 0 Å². The Morgan fingerprint density at radius 1 is 1.07 bits per heavy atom. The third-order valence-electron chi connectivity index (χ3n) is 4.23. The Labute approximate surface area is 158 Å². The molecule has 0 bridgehead atoms. The average molecular weight is 362 g/mol. The van der Waals surface area contributed by atoms with Crippen molar-refractivity contribution in [1.29, 1.82) is 0 Å². The number of carbonyl (C=O) groups excluding carboxylic acids is 1. The molecule has 2 aromatic heterocycles. The van der Waals surface area contributed by atoms with Gasteiger partial charge in [0.2, 0.25) is 0 Å². The maximum atomic E-state index is 12.3. The fraction of sp³-hybridized carbons (Fsp3) is 0.190. The van der Waals surface area contributed by atoms with Crippen LogP contribution in [0.15, 0.2) is 67.1 Å². The molecule has 1 N–H and O–H groups in total. The van der Waals surface area contributed by atoms with Gasteiger partial charge in [-0.05, 0) is 60.5 Å². The number of methoxy groups -OCH3 is 1. The van der Waals surface area contributed by atoms with Crippen molar-refractivity contribution in [3.63, 3.8) is 0 Å². The standard InChI is InChI=1S/C21H22N4O2/c1-25(14-11-16-9-12-22-13-10-16)20-8-5-18(15-23-20)24-21(26)17-3-6-19(27-2)7-4-17/h3-10,12-13,15H,11,14H2,1-2H3,(H,24,26). The number of pyridine rings is 2. The molecule has 0 aliphatic rings. The number of ether oxygens (including phenoxy) is 1. The second kappa shape index (κ2) is 8.80. The lowest BCUT2D eigenvalue weighted by Crippen LogP contribution is -2.21. The second-order valence-corrected chi connectivity index (χ2v) is 6.11. The molecule has 1 amide bonds. The zero-order chi connectivity index (χ0) is 19.1. The van der Waals surface area contributed by atoms with Crippen molar-refractivity contribution in [3.05, 3.63) is 78.2 Å². The fourth-order valence-corrected chi connectivity index (χ4v) is 2.59. The van der Waals surface area contributed by atoms with E-state index < -0.39 is 0 Å². The van der Waals surface area contributed by atoms with Crippen LogP contribution in [0.4, 0.5) is 11.5 Å². The van der Waals surface area contributed by atoms with Crippen LogP contribution in [0.1, 0.15) is 15.9 Å². The number of carbonyl (C=O) groups is 1. The van der Waals surface area contributed by atoms with Gasteiger partial charge in [0.05, 0.1) is 19.0 Å². The van der Waals surface area contributed by atoms with E-state index in [1.165, 1.54) is 5.56 Å². The minimum absolute atomic E-state index is 0.182. The summed E-state index contributed by atoms with van der Waals surface area (Å²) < 4.78 is 5.10. The highest BCUT2D eigenvalue weighted by molar-refractivity contribution is 6.04. The van der Waals surface area contributed by atoms with Gasteiger partial charge in [0.25, 0.3) is 5.91 Å². The molecule has 0 saturated heterocycles. The van der Waals surface area contributed by atoms with Crippen molar-refractivity contribution in [2.75, 3.05) is 30.9 Å². The first-order valence-electron chi connectivity index (χ1n) is 8.67. The Morgan fingerprint density at radius 3 is 2.44 bits per heavy atom. The van der Waals surface area contributed by atoms with Crippen LogP contribution in [0, 0.1) is 0 Å². The number of anilines is 2. The number of nitrogens with zero attached hydrogens (tertiary/aromatic N) is 3. The molecule has 6 nitrogen and oxygen atoms in total. The smallest absolute Gasteiger partial charge is 0.255 e. The van der Waals surface area contributed by atoms with E-state index in [0.717, 1.165) is 18.8 Å². The normalized spacial score (nSPS) is 10.3. The number of hydrogen-bond donors (Lipinski definition) is 1. The molecule has 1 aromatic carbocycles. The number of benzene rings is 1. The highest BCUT2D eigenvalue weighted by Crippen LogP contribution is 2.16. The summed E-state index contributed by atoms with van der Waals surface area (Å²) in [5.41, 5.74) is 2.46. The molecule has 0 saturated carbocycles. The van der Waals surface area contributed by atoms with Crippen molar-refractivity contribution >= 4 is 17.4 Å². The molecular weight excluding hydrogens is 340 g/mol. The van der Waals surface area contributed by atoms with E-state index in [9.17, 15) is 4.79 Å². The van der Waals surface area contributed by atoms with Gasteiger partial charge in [-0.25, -0.2) is 4.98 Å².